The number of para-hydroxylation sites is 1. The average molecular weight is 389 g/mol. The largest absolute Gasteiger partial charge is 0.342 e. The molecule has 4 aromatic rings. The van der Waals surface area contributed by atoms with Crippen LogP contribution in [0.5, 0.6) is 0 Å². The van der Waals surface area contributed by atoms with Gasteiger partial charge in [-0.05, 0) is 35.9 Å². The summed E-state index contributed by atoms with van der Waals surface area (Å²) in [5.41, 5.74) is 4.03. The number of fused-ring (bicyclic) bond motifs is 1. The Bertz CT molecular complexity index is 1240. The zero-order chi connectivity index (χ0) is 19.6. The van der Waals surface area contributed by atoms with Gasteiger partial charge in [0, 0.05) is 35.4 Å². The van der Waals surface area contributed by atoms with Crippen LogP contribution in [0.3, 0.4) is 0 Å². The van der Waals surface area contributed by atoms with Crippen LogP contribution in [0.15, 0.2) is 94.9 Å². The van der Waals surface area contributed by atoms with E-state index in [9.17, 15) is 8.42 Å². The number of hydrogen-bond acceptors (Lipinski definition) is 3. The molecule has 140 valence electrons. The second-order valence-electron chi connectivity index (χ2n) is 6.51. The van der Waals surface area contributed by atoms with Crippen molar-refractivity contribution in [2.75, 3.05) is 0 Å². The van der Waals surface area contributed by atoms with E-state index in [-0.39, 0.29) is 4.90 Å². The zero-order valence-electron chi connectivity index (χ0n) is 15.1. The van der Waals surface area contributed by atoms with Crippen molar-refractivity contribution in [3.05, 3.63) is 96.2 Å². The van der Waals surface area contributed by atoms with E-state index in [4.69, 9.17) is 5.14 Å². The molecule has 0 fully saturated rings. The molecule has 0 unspecified atom stereocenters. The van der Waals surface area contributed by atoms with Gasteiger partial charge in [0.2, 0.25) is 10.0 Å². The number of rotatable bonds is 5. The van der Waals surface area contributed by atoms with Gasteiger partial charge in [-0.2, -0.15) is 0 Å². The summed E-state index contributed by atoms with van der Waals surface area (Å²) in [6, 6.07) is 24.7. The fourth-order valence-electron chi connectivity index (χ4n) is 3.15. The minimum absolute atomic E-state index is 0.0749. The van der Waals surface area contributed by atoms with Crippen LogP contribution in [0.2, 0.25) is 0 Å². The number of hydrogen-bond donors (Lipinski definition) is 1. The van der Waals surface area contributed by atoms with Gasteiger partial charge >= 0.3 is 0 Å². The molecule has 1 heterocycles. The first-order valence-electron chi connectivity index (χ1n) is 8.79. The van der Waals surface area contributed by atoms with Crippen molar-refractivity contribution in [3.63, 3.8) is 0 Å². The normalized spacial score (nSPS) is 12.0. The maximum Gasteiger partial charge on any atom is 0.238 e. The van der Waals surface area contributed by atoms with Crippen molar-refractivity contribution >= 4 is 32.8 Å². The van der Waals surface area contributed by atoms with E-state index in [0.717, 1.165) is 23.0 Å². The van der Waals surface area contributed by atoms with Crippen molar-refractivity contribution in [3.8, 4) is 0 Å². The maximum atomic E-state index is 11.4. The van der Waals surface area contributed by atoms with E-state index in [2.05, 4.69) is 40.0 Å². The third-order valence-corrected chi connectivity index (χ3v) is 5.46. The number of aliphatic imine (C=N–C) groups is 1. The van der Waals surface area contributed by atoms with Crippen LogP contribution >= 0.6 is 0 Å². The van der Waals surface area contributed by atoms with Gasteiger partial charge in [0.1, 0.15) is 0 Å². The number of aromatic nitrogens is 1. The highest BCUT2D eigenvalue weighted by atomic mass is 32.2. The summed E-state index contributed by atoms with van der Waals surface area (Å²) >= 11 is 0. The summed E-state index contributed by atoms with van der Waals surface area (Å²) in [4.78, 5) is 4.57. The molecule has 5 nitrogen and oxygen atoms in total. The van der Waals surface area contributed by atoms with Gasteiger partial charge in [-0.1, -0.05) is 48.5 Å². The van der Waals surface area contributed by atoms with Gasteiger partial charge in [0.25, 0.3) is 0 Å². The molecule has 0 atom stereocenters. The lowest BCUT2D eigenvalue weighted by Gasteiger charge is -2.05. The Morgan fingerprint density at radius 3 is 2.29 bits per heavy atom. The van der Waals surface area contributed by atoms with E-state index in [1.807, 2.05) is 30.3 Å². The average Bonchev–Trinajstić information content (AvgIpc) is 3.05. The van der Waals surface area contributed by atoms with Crippen molar-refractivity contribution < 1.29 is 8.42 Å². The van der Waals surface area contributed by atoms with E-state index < -0.39 is 10.0 Å². The molecular weight excluding hydrogens is 370 g/mol. The first kappa shape index (κ1) is 18.2. The molecule has 28 heavy (non-hydrogen) atoms. The molecule has 0 aliphatic carbocycles. The molecule has 0 amide bonds. The van der Waals surface area contributed by atoms with Gasteiger partial charge in [-0.15, -0.1) is 0 Å². The molecule has 2 N–H and O–H groups in total. The van der Waals surface area contributed by atoms with Crippen molar-refractivity contribution in [2.45, 2.75) is 11.4 Å². The first-order chi connectivity index (χ1) is 13.5. The van der Waals surface area contributed by atoms with Gasteiger partial charge in [0.05, 0.1) is 10.6 Å². The van der Waals surface area contributed by atoms with E-state index in [1.165, 1.54) is 17.7 Å². The lowest BCUT2D eigenvalue weighted by Crippen LogP contribution is -2.11. The number of primary sulfonamides is 1. The molecule has 0 spiro atoms. The van der Waals surface area contributed by atoms with Crippen LogP contribution in [-0.4, -0.2) is 19.2 Å². The fourth-order valence-corrected chi connectivity index (χ4v) is 3.67. The van der Waals surface area contributed by atoms with E-state index in [1.54, 1.807) is 18.3 Å². The highest BCUT2D eigenvalue weighted by molar-refractivity contribution is 7.89. The van der Waals surface area contributed by atoms with Crippen LogP contribution in [0, 0.1) is 0 Å². The smallest absolute Gasteiger partial charge is 0.238 e. The molecule has 0 saturated heterocycles. The summed E-state index contributed by atoms with van der Waals surface area (Å²) in [5.74, 6) is 0. The van der Waals surface area contributed by atoms with E-state index in [0.29, 0.717) is 5.69 Å². The van der Waals surface area contributed by atoms with Crippen molar-refractivity contribution in [2.24, 2.45) is 10.1 Å². The molecule has 3 aromatic carbocycles. The molecule has 0 bridgehead atoms. The fraction of sp³-hybridized carbons (Fsp3) is 0.0455. The lowest BCUT2D eigenvalue weighted by molar-refractivity contribution is 0.598. The Labute approximate surface area is 163 Å². The van der Waals surface area contributed by atoms with Gasteiger partial charge in [-0.25, -0.2) is 13.6 Å². The summed E-state index contributed by atoms with van der Waals surface area (Å²) in [7, 11) is -3.70. The highest BCUT2D eigenvalue weighted by Gasteiger charge is 2.08. The number of nitrogens with two attached hydrogens (primary N) is 1. The number of sulfonamides is 1. The molecule has 0 aliphatic rings. The zero-order valence-corrected chi connectivity index (χ0v) is 15.9. The van der Waals surface area contributed by atoms with Crippen molar-refractivity contribution in [1.82, 2.24) is 4.57 Å². The molecule has 0 saturated carbocycles. The minimum Gasteiger partial charge on any atom is -0.342 e. The second-order valence-corrected chi connectivity index (χ2v) is 8.07. The van der Waals surface area contributed by atoms with Gasteiger partial charge < -0.3 is 4.57 Å². The van der Waals surface area contributed by atoms with Gasteiger partial charge in [0.15, 0.2) is 0 Å². The lowest BCUT2D eigenvalue weighted by atomic mass is 10.2. The van der Waals surface area contributed by atoms with Crippen LogP contribution < -0.4 is 5.14 Å². The topological polar surface area (TPSA) is 77.5 Å². The number of nitrogens with zero attached hydrogens (tertiary/aromatic N) is 2. The molecule has 6 heteroatoms. The minimum atomic E-state index is -3.70. The quantitative estimate of drug-likeness (QED) is 0.522. The van der Waals surface area contributed by atoms with Crippen LogP contribution in [-0.2, 0) is 16.6 Å². The summed E-state index contributed by atoms with van der Waals surface area (Å²) in [6.45, 7) is 0.776. The maximum absolute atomic E-state index is 11.4. The number of benzene rings is 3. The first-order valence-corrected chi connectivity index (χ1v) is 10.3. The summed E-state index contributed by atoms with van der Waals surface area (Å²) in [5, 5.41) is 6.25. The molecule has 0 aliphatic heterocycles. The molecule has 0 radical (unpaired) electrons. The van der Waals surface area contributed by atoms with Crippen LogP contribution in [0.1, 0.15) is 11.1 Å². The third kappa shape index (κ3) is 3.88. The Morgan fingerprint density at radius 2 is 1.57 bits per heavy atom. The summed E-state index contributed by atoms with van der Waals surface area (Å²) < 4.78 is 24.9. The molecule has 1 aromatic heterocycles. The Morgan fingerprint density at radius 1 is 0.893 bits per heavy atom. The second kappa shape index (κ2) is 7.42. The van der Waals surface area contributed by atoms with Crippen LogP contribution in [0.25, 0.3) is 10.9 Å². The molecule has 4 rings (SSSR count). The standard InChI is InChI=1S/C22H19N3O2S/c23-28(26,27)20-12-10-19(11-13-20)24-14-18-16-25(15-17-6-2-1-3-7-17)22-9-5-4-8-21(18)22/h1-14,16H,15H2,(H2,23,26,27). The SMILES string of the molecule is NS(=O)(=O)c1ccc(N=Cc2cn(Cc3ccccc3)c3ccccc23)cc1. The highest BCUT2D eigenvalue weighted by Crippen LogP contribution is 2.22. The Kier molecular flexibility index (Phi) is 4.81. The van der Waals surface area contributed by atoms with E-state index >= 15 is 0 Å². The third-order valence-electron chi connectivity index (χ3n) is 4.53. The van der Waals surface area contributed by atoms with Crippen LogP contribution in [0.4, 0.5) is 5.69 Å². The Balaban J connectivity index is 1.66. The molecular formula is C22H19N3O2S. The predicted octanol–water partition coefficient (Wildman–Crippen LogP) is 4.09. The monoisotopic (exact) mass is 389 g/mol. The predicted molar refractivity (Wildman–Crippen MR) is 113 cm³/mol. The van der Waals surface area contributed by atoms with Gasteiger partial charge in [-0.3, -0.25) is 4.99 Å². The Hall–Kier alpha value is -3.22. The van der Waals surface area contributed by atoms with Crippen molar-refractivity contribution in [1.29, 1.82) is 0 Å². The summed E-state index contributed by atoms with van der Waals surface area (Å²) in [6.07, 6.45) is 3.88.